The van der Waals surface area contributed by atoms with Crippen molar-refractivity contribution in [1.82, 2.24) is 25.1 Å². The minimum atomic E-state index is -1.48. The van der Waals surface area contributed by atoms with E-state index >= 15 is 0 Å². The highest BCUT2D eigenvalue weighted by atomic mass is 16.4. The lowest BCUT2D eigenvalue weighted by Crippen LogP contribution is -2.49. The van der Waals surface area contributed by atoms with Crippen LogP contribution in [0.2, 0.25) is 0 Å². The molecule has 0 bridgehead atoms. The lowest BCUT2D eigenvalue weighted by atomic mass is 9.90. The molecule has 8 heteroatoms. The quantitative estimate of drug-likeness (QED) is 0.876. The Hall–Kier alpha value is -2.77. The van der Waals surface area contributed by atoms with Gasteiger partial charge in [-0.15, -0.1) is 5.10 Å². The molecule has 21 heavy (non-hydrogen) atoms. The first-order chi connectivity index (χ1) is 9.87. The van der Waals surface area contributed by atoms with Gasteiger partial charge in [-0.05, 0) is 35.0 Å². The first-order valence-corrected chi connectivity index (χ1v) is 6.19. The van der Waals surface area contributed by atoms with Gasteiger partial charge in [-0.25, -0.2) is 9.48 Å². The molecule has 8 nitrogen and oxygen atoms in total. The highest BCUT2D eigenvalue weighted by Gasteiger charge is 2.41. The molecule has 1 heterocycles. The number of carbonyl (C=O) groups is 2. The van der Waals surface area contributed by atoms with Crippen LogP contribution in [0.4, 0.5) is 0 Å². The van der Waals surface area contributed by atoms with E-state index in [1.807, 2.05) is 0 Å². The van der Waals surface area contributed by atoms with Crippen LogP contribution in [0.15, 0.2) is 30.6 Å². The molecule has 0 saturated heterocycles. The average Bonchev–Trinajstić information content (AvgIpc) is 2.99. The van der Waals surface area contributed by atoms with Crippen molar-refractivity contribution < 1.29 is 14.7 Å². The number of nitrogens with zero attached hydrogens (tertiary/aromatic N) is 5. The first-order valence-electron chi connectivity index (χ1n) is 6.19. The molecule has 0 aliphatic carbocycles. The molecule has 0 aliphatic rings. The summed E-state index contributed by atoms with van der Waals surface area (Å²) in [6, 6.07) is 6.74. The van der Waals surface area contributed by atoms with Crippen LogP contribution in [-0.2, 0) is 15.1 Å². The summed E-state index contributed by atoms with van der Waals surface area (Å²) < 4.78 is 1.42. The second-order valence-electron chi connectivity index (χ2n) is 4.76. The van der Waals surface area contributed by atoms with Gasteiger partial charge < -0.3 is 10.0 Å². The Morgan fingerprint density at radius 1 is 1.38 bits per heavy atom. The van der Waals surface area contributed by atoms with Gasteiger partial charge in [-0.2, -0.15) is 0 Å². The molecule has 0 radical (unpaired) electrons. The van der Waals surface area contributed by atoms with Crippen molar-refractivity contribution in [2.45, 2.75) is 19.4 Å². The van der Waals surface area contributed by atoms with E-state index in [1.165, 1.54) is 36.8 Å². The standard InChI is InChI=1S/C13H15N5O3/c1-9(19)17(3)13(2,12(20)21)10-5-4-6-11(7-10)18-8-14-15-16-18/h4-8H,1-3H3,(H,20,21). The van der Waals surface area contributed by atoms with E-state index in [0.717, 1.165) is 0 Å². The van der Waals surface area contributed by atoms with E-state index in [9.17, 15) is 14.7 Å². The van der Waals surface area contributed by atoms with Gasteiger partial charge in [-0.1, -0.05) is 12.1 Å². The fourth-order valence-electron chi connectivity index (χ4n) is 2.01. The minimum absolute atomic E-state index is 0.340. The van der Waals surface area contributed by atoms with Gasteiger partial charge in [0.05, 0.1) is 5.69 Å². The van der Waals surface area contributed by atoms with Crippen LogP contribution in [0, 0.1) is 0 Å². The van der Waals surface area contributed by atoms with Gasteiger partial charge in [0.15, 0.2) is 5.54 Å². The van der Waals surface area contributed by atoms with Crippen LogP contribution >= 0.6 is 0 Å². The predicted molar refractivity (Wildman–Crippen MR) is 72.6 cm³/mol. The average molecular weight is 289 g/mol. The maximum atomic E-state index is 11.7. The lowest BCUT2D eigenvalue weighted by Gasteiger charge is -2.35. The summed E-state index contributed by atoms with van der Waals surface area (Å²) in [4.78, 5) is 24.5. The highest BCUT2D eigenvalue weighted by Crippen LogP contribution is 2.29. The van der Waals surface area contributed by atoms with Crippen molar-refractivity contribution in [2.24, 2.45) is 0 Å². The number of aromatic nitrogens is 4. The molecule has 2 rings (SSSR count). The van der Waals surface area contributed by atoms with Crippen molar-refractivity contribution in [3.63, 3.8) is 0 Å². The van der Waals surface area contributed by atoms with Gasteiger partial charge >= 0.3 is 5.97 Å². The van der Waals surface area contributed by atoms with Gasteiger partial charge in [0.25, 0.3) is 0 Å². The van der Waals surface area contributed by atoms with Crippen LogP contribution < -0.4 is 0 Å². The van der Waals surface area contributed by atoms with Crippen molar-refractivity contribution in [3.8, 4) is 5.69 Å². The molecule has 1 unspecified atom stereocenters. The number of carboxylic acid groups (broad SMARTS) is 1. The van der Waals surface area contributed by atoms with E-state index < -0.39 is 11.5 Å². The van der Waals surface area contributed by atoms with E-state index in [0.29, 0.717) is 11.3 Å². The first kappa shape index (κ1) is 14.6. The summed E-state index contributed by atoms with van der Waals surface area (Å²) in [7, 11) is 1.46. The maximum absolute atomic E-state index is 11.7. The zero-order chi connectivity index (χ0) is 15.6. The summed E-state index contributed by atoms with van der Waals surface area (Å²) in [5.41, 5.74) is -0.404. The number of hydrogen-bond acceptors (Lipinski definition) is 5. The van der Waals surface area contributed by atoms with Crippen LogP contribution in [0.3, 0.4) is 0 Å². The van der Waals surface area contributed by atoms with Crippen molar-refractivity contribution in [1.29, 1.82) is 0 Å². The zero-order valence-corrected chi connectivity index (χ0v) is 11.9. The van der Waals surface area contributed by atoms with E-state index in [4.69, 9.17) is 0 Å². The molecular weight excluding hydrogens is 274 g/mol. The van der Waals surface area contributed by atoms with Crippen LogP contribution in [0.1, 0.15) is 19.4 Å². The van der Waals surface area contributed by atoms with Crippen LogP contribution in [0.5, 0.6) is 0 Å². The van der Waals surface area contributed by atoms with E-state index in [2.05, 4.69) is 15.5 Å². The molecule has 1 atom stereocenters. The van der Waals surface area contributed by atoms with E-state index in [-0.39, 0.29) is 5.91 Å². The third-order valence-corrected chi connectivity index (χ3v) is 3.58. The van der Waals surface area contributed by atoms with E-state index in [1.54, 1.807) is 24.3 Å². The summed E-state index contributed by atoms with van der Waals surface area (Å²) in [6.07, 6.45) is 1.41. The lowest BCUT2D eigenvalue weighted by molar-refractivity contribution is -0.156. The fraction of sp³-hybridized carbons (Fsp3) is 0.308. The number of rotatable bonds is 4. The molecule has 1 aromatic carbocycles. The molecule has 110 valence electrons. The van der Waals surface area contributed by atoms with Crippen molar-refractivity contribution >= 4 is 11.9 Å². The molecule has 2 aromatic rings. The maximum Gasteiger partial charge on any atom is 0.334 e. The number of tetrazole rings is 1. The Bertz CT molecular complexity index is 670. The Balaban J connectivity index is 2.54. The Morgan fingerprint density at radius 2 is 2.10 bits per heavy atom. The second kappa shape index (κ2) is 5.31. The smallest absolute Gasteiger partial charge is 0.334 e. The topological polar surface area (TPSA) is 101 Å². The zero-order valence-electron chi connectivity index (χ0n) is 11.9. The van der Waals surface area contributed by atoms with Crippen LogP contribution in [-0.4, -0.2) is 49.1 Å². The number of carbonyl (C=O) groups excluding carboxylic acids is 1. The van der Waals surface area contributed by atoms with Gasteiger partial charge in [0.2, 0.25) is 5.91 Å². The number of likely N-dealkylation sites (N-methyl/N-ethyl adjacent to an activating group) is 1. The molecule has 1 aromatic heterocycles. The fourth-order valence-corrected chi connectivity index (χ4v) is 2.01. The molecule has 0 aliphatic heterocycles. The van der Waals surface area contributed by atoms with Crippen LogP contribution in [0.25, 0.3) is 5.69 Å². The summed E-state index contributed by atoms with van der Waals surface area (Å²) in [6.45, 7) is 2.81. The Labute approximate surface area is 121 Å². The molecule has 1 N–H and O–H groups in total. The molecule has 0 spiro atoms. The van der Waals surface area contributed by atoms with Crippen molar-refractivity contribution in [3.05, 3.63) is 36.2 Å². The molecule has 1 amide bonds. The third kappa shape index (κ3) is 2.47. The normalized spacial score (nSPS) is 13.5. The molecule has 0 saturated carbocycles. The molecular formula is C13H15N5O3. The summed E-state index contributed by atoms with van der Waals surface area (Å²) in [5, 5.41) is 20.4. The highest BCUT2D eigenvalue weighted by molar-refractivity contribution is 5.87. The number of carboxylic acids is 1. The third-order valence-electron chi connectivity index (χ3n) is 3.58. The largest absolute Gasteiger partial charge is 0.479 e. The number of hydrogen-bond donors (Lipinski definition) is 1. The Kier molecular flexibility index (Phi) is 3.70. The number of benzene rings is 1. The molecule has 0 fully saturated rings. The summed E-state index contributed by atoms with van der Waals surface area (Å²) >= 11 is 0. The monoisotopic (exact) mass is 289 g/mol. The van der Waals surface area contributed by atoms with Gasteiger partial charge in [0, 0.05) is 14.0 Å². The van der Waals surface area contributed by atoms with Gasteiger partial charge in [-0.3, -0.25) is 4.79 Å². The summed E-state index contributed by atoms with van der Waals surface area (Å²) in [5.74, 6) is -1.46. The number of aliphatic carboxylic acids is 1. The number of amides is 1. The SMILES string of the molecule is CC(=O)N(C)C(C)(C(=O)O)c1cccc(-n2cnnn2)c1. The Morgan fingerprint density at radius 3 is 2.62 bits per heavy atom. The minimum Gasteiger partial charge on any atom is -0.479 e. The van der Waals surface area contributed by atoms with Crippen molar-refractivity contribution in [2.75, 3.05) is 7.05 Å². The van der Waals surface area contributed by atoms with Gasteiger partial charge in [0.1, 0.15) is 6.33 Å². The second-order valence-corrected chi connectivity index (χ2v) is 4.76. The predicted octanol–water partition coefficient (Wildman–Crippen LogP) is 0.440.